The summed E-state index contributed by atoms with van der Waals surface area (Å²) < 4.78 is 5.43. The van der Waals surface area contributed by atoms with Crippen LogP contribution in [-0.4, -0.2) is 17.1 Å². The lowest BCUT2D eigenvalue weighted by molar-refractivity contribution is 0.406. The number of nitrogens with two attached hydrogens (primary N) is 1. The van der Waals surface area contributed by atoms with E-state index in [1.54, 1.807) is 7.11 Å². The van der Waals surface area contributed by atoms with Crippen LogP contribution in [0.25, 0.3) is 0 Å². The summed E-state index contributed by atoms with van der Waals surface area (Å²) in [6.07, 6.45) is 2.48. The first-order valence-electron chi connectivity index (χ1n) is 6.71. The number of hydrogen-bond acceptors (Lipinski definition) is 4. The van der Waals surface area contributed by atoms with E-state index in [0.717, 1.165) is 34.0 Å². The molecule has 0 spiro atoms. The SMILES string of the molecule is COc1c(C)cnc(CC(N)c2cccc(C)n2)c1C. The Morgan fingerprint density at radius 3 is 2.65 bits per heavy atom. The molecule has 20 heavy (non-hydrogen) atoms. The standard InChI is InChI=1S/C16H21N3O/c1-10-9-18-15(12(3)16(10)20-4)8-13(17)14-7-5-6-11(2)19-14/h5-7,9,13H,8,17H2,1-4H3. The van der Waals surface area contributed by atoms with Crippen molar-refractivity contribution in [3.8, 4) is 5.75 Å². The van der Waals surface area contributed by atoms with Crippen LogP contribution in [0.4, 0.5) is 0 Å². The third-order valence-electron chi connectivity index (χ3n) is 3.45. The smallest absolute Gasteiger partial charge is 0.128 e. The Morgan fingerprint density at radius 2 is 2.00 bits per heavy atom. The molecule has 0 amide bonds. The molecule has 1 atom stereocenters. The molecule has 0 bridgehead atoms. The highest BCUT2D eigenvalue weighted by atomic mass is 16.5. The molecule has 2 aromatic heterocycles. The molecule has 106 valence electrons. The van der Waals surface area contributed by atoms with Crippen LogP contribution in [0.1, 0.15) is 34.3 Å². The Bertz CT molecular complexity index is 611. The average Bonchev–Trinajstić information content (AvgIpc) is 2.42. The first-order chi connectivity index (χ1) is 9.52. The number of pyridine rings is 2. The molecule has 0 saturated heterocycles. The van der Waals surface area contributed by atoms with Gasteiger partial charge in [-0.3, -0.25) is 9.97 Å². The molecule has 0 fully saturated rings. The maximum atomic E-state index is 6.25. The minimum absolute atomic E-state index is 0.159. The van der Waals surface area contributed by atoms with Crippen molar-refractivity contribution in [1.29, 1.82) is 0 Å². The maximum Gasteiger partial charge on any atom is 0.128 e. The Labute approximate surface area is 120 Å². The number of aryl methyl sites for hydroxylation is 2. The first kappa shape index (κ1) is 14.5. The molecule has 4 nitrogen and oxygen atoms in total. The molecular formula is C16H21N3O. The van der Waals surface area contributed by atoms with Gasteiger partial charge in [-0.1, -0.05) is 6.07 Å². The monoisotopic (exact) mass is 271 g/mol. The number of aromatic nitrogens is 2. The Morgan fingerprint density at radius 1 is 1.25 bits per heavy atom. The van der Waals surface area contributed by atoms with Crippen LogP contribution in [0.3, 0.4) is 0 Å². The molecule has 0 radical (unpaired) electrons. The molecule has 4 heteroatoms. The van der Waals surface area contributed by atoms with Gasteiger partial charge in [0.05, 0.1) is 18.8 Å². The molecule has 0 saturated carbocycles. The van der Waals surface area contributed by atoms with Gasteiger partial charge in [0.2, 0.25) is 0 Å². The normalized spacial score (nSPS) is 12.2. The fourth-order valence-electron chi connectivity index (χ4n) is 2.36. The Hall–Kier alpha value is -1.94. The van der Waals surface area contributed by atoms with Crippen LogP contribution in [0.15, 0.2) is 24.4 Å². The van der Waals surface area contributed by atoms with Gasteiger partial charge < -0.3 is 10.5 Å². The molecule has 2 heterocycles. The Balaban J connectivity index is 2.26. The summed E-state index contributed by atoms with van der Waals surface area (Å²) in [7, 11) is 1.68. The van der Waals surface area contributed by atoms with Crippen molar-refractivity contribution < 1.29 is 4.74 Å². The topological polar surface area (TPSA) is 61.0 Å². The average molecular weight is 271 g/mol. The van der Waals surface area contributed by atoms with Crippen LogP contribution in [0.5, 0.6) is 5.75 Å². The quantitative estimate of drug-likeness (QED) is 0.928. The lowest BCUT2D eigenvalue weighted by atomic mass is 10.0. The molecule has 1 unspecified atom stereocenters. The van der Waals surface area contributed by atoms with E-state index in [9.17, 15) is 0 Å². The lowest BCUT2D eigenvalue weighted by Gasteiger charge is -2.15. The van der Waals surface area contributed by atoms with Crippen molar-refractivity contribution >= 4 is 0 Å². The molecule has 0 aliphatic carbocycles. The predicted molar refractivity (Wildman–Crippen MR) is 79.9 cm³/mol. The van der Waals surface area contributed by atoms with Gasteiger partial charge in [0.1, 0.15) is 5.75 Å². The van der Waals surface area contributed by atoms with Crippen molar-refractivity contribution in [2.24, 2.45) is 5.73 Å². The van der Waals surface area contributed by atoms with Crippen molar-refractivity contribution in [2.45, 2.75) is 33.2 Å². The molecular weight excluding hydrogens is 250 g/mol. The molecule has 2 aromatic rings. The van der Waals surface area contributed by atoms with E-state index in [2.05, 4.69) is 9.97 Å². The van der Waals surface area contributed by atoms with Crippen LogP contribution in [-0.2, 0) is 6.42 Å². The summed E-state index contributed by atoms with van der Waals surface area (Å²) in [5.41, 5.74) is 11.2. The van der Waals surface area contributed by atoms with Gasteiger partial charge in [0.25, 0.3) is 0 Å². The summed E-state index contributed by atoms with van der Waals surface area (Å²) in [4.78, 5) is 8.96. The van der Waals surface area contributed by atoms with E-state index in [1.807, 2.05) is 45.2 Å². The number of nitrogens with zero attached hydrogens (tertiary/aromatic N) is 2. The van der Waals surface area contributed by atoms with E-state index in [1.165, 1.54) is 0 Å². The lowest BCUT2D eigenvalue weighted by Crippen LogP contribution is -2.17. The summed E-state index contributed by atoms with van der Waals surface area (Å²) in [5.74, 6) is 0.888. The number of methoxy groups -OCH3 is 1. The van der Waals surface area contributed by atoms with E-state index in [0.29, 0.717) is 6.42 Å². The largest absolute Gasteiger partial charge is 0.496 e. The second kappa shape index (κ2) is 6.01. The first-order valence-corrected chi connectivity index (χ1v) is 6.71. The summed E-state index contributed by atoms with van der Waals surface area (Å²) in [6, 6.07) is 5.74. The zero-order valence-corrected chi connectivity index (χ0v) is 12.5. The van der Waals surface area contributed by atoms with Gasteiger partial charge in [-0.25, -0.2) is 0 Å². The highest BCUT2D eigenvalue weighted by Crippen LogP contribution is 2.26. The van der Waals surface area contributed by atoms with Crippen molar-refractivity contribution in [2.75, 3.05) is 7.11 Å². The molecule has 0 aliphatic rings. The molecule has 2 rings (SSSR count). The summed E-state index contributed by atoms with van der Waals surface area (Å²) in [6.45, 7) is 5.98. The number of ether oxygens (including phenoxy) is 1. The van der Waals surface area contributed by atoms with E-state index in [4.69, 9.17) is 10.5 Å². The molecule has 0 aliphatic heterocycles. The molecule has 2 N–H and O–H groups in total. The van der Waals surface area contributed by atoms with Gasteiger partial charge >= 0.3 is 0 Å². The van der Waals surface area contributed by atoms with Gasteiger partial charge in [-0.2, -0.15) is 0 Å². The Kier molecular flexibility index (Phi) is 4.35. The highest BCUT2D eigenvalue weighted by molar-refractivity contribution is 5.41. The van der Waals surface area contributed by atoms with E-state index < -0.39 is 0 Å². The fraction of sp³-hybridized carbons (Fsp3) is 0.375. The zero-order valence-electron chi connectivity index (χ0n) is 12.5. The van der Waals surface area contributed by atoms with Gasteiger partial charge in [0.15, 0.2) is 0 Å². The van der Waals surface area contributed by atoms with Gasteiger partial charge in [-0.05, 0) is 32.9 Å². The zero-order chi connectivity index (χ0) is 14.7. The van der Waals surface area contributed by atoms with Crippen LogP contribution < -0.4 is 10.5 Å². The minimum atomic E-state index is -0.159. The van der Waals surface area contributed by atoms with Crippen LogP contribution in [0, 0.1) is 20.8 Å². The summed E-state index contributed by atoms with van der Waals surface area (Å²) in [5, 5.41) is 0. The van der Waals surface area contributed by atoms with Gasteiger partial charge in [-0.15, -0.1) is 0 Å². The third kappa shape index (κ3) is 2.96. The highest BCUT2D eigenvalue weighted by Gasteiger charge is 2.14. The van der Waals surface area contributed by atoms with E-state index in [-0.39, 0.29) is 6.04 Å². The van der Waals surface area contributed by atoms with Crippen LogP contribution >= 0.6 is 0 Å². The number of hydrogen-bond donors (Lipinski definition) is 1. The van der Waals surface area contributed by atoms with E-state index >= 15 is 0 Å². The van der Waals surface area contributed by atoms with Crippen molar-refractivity contribution in [3.63, 3.8) is 0 Å². The fourth-order valence-corrected chi connectivity index (χ4v) is 2.36. The second-order valence-corrected chi connectivity index (χ2v) is 5.06. The predicted octanol–water partition coefficient (Wildman–Crippen LogP) is 2.65. The number of rotatable bonds is 4. The van der Waals surface area contributed by atoms with Gasteiger partial charge in [0, 0.05) is 35.1 Å². The van der Waals surface area contributed by atoms with Crippen molar-refractivity contribution in [1.82, 2.24) is 9.97 Å². The third-order valence-corrected chi connectivity index (χ3v) is 3.45. The molecule has 0 aromatic carbocycles. The second-order valence-electron chi connectivity index (χ2n) is 5.06. The van der Waals surface area contributed by atoms with Crippen molar-refractivity contribution in [3.05, 3.63) is 52.6 Å². The maximum absolute atomic E-state index is 6.25. The summed E-state index contributed by atoms with van der Waals surface area (Å²) >= 11 is 0. The van der Waals surface area contributed by atoms with Crippen LogP contribution in [0.2, 0.25) is 0 Å². The minimum Gasteiger partial charge on any atom is -0.496 e.